The van der Waals surface area contributed by atoms with Gasteiger partial charge in [0.1, 0.15) is 0 Å². The molecule has 0 bridgehead atoms. The van der Waals surface area contributed by atoms with Gasteiger partial charge in [-0.2, -0.15) is 5.10 Å². The lowest BCUT2D eigenvalue weighted by Crippen LogP contribution is -2.27. The number of aryl methyl sites for hydroxylation is 1. The second-order valence-electron chi connectivity index (χ2n) is 4.30. The second-order valence-corrected chi connectivity index (χ2v) is 4.30. The van der Waals surface area contributed by atoms with Crippen LogP contribution < -0.4 is 11.1 Å². The van der Waals surface area contributed by atoms with E-state index in [1.54, 1.807) is 0 Å². The average Bonchev–Trinajstić information content (AvgIpc) is 2.91. The summed E-state index contributed by atoms with van der Waals surface area (Å²) in [5, 5.41) is 9.69. The summed E-state index contributed by atoms with van der Waals surface area (Å²) < 4.78 is 0. The summed E-state index contributed by atoms with van der Waals surface area (Å²) in [4.78, 5) is 11.8. The minimum Gasteiger partial charge on any atom is -0.395 e. The summed E-state index contributed by atoms with van der Waals surface area (Å²) in [6.07, 6.45) is 2.95. The zero-order valence-electron chi connectivity index (χ0n) is 9.71. The number of hydrogen-bond acceptors (Lipinski definition) is 3. The molecule has 1 fully saturated rings. The molecular formula is C11H18N4O. The Morgan fingerprint density at radius 2 is 2.38 bits per heavy atom. The number of carbonyl (C=O) groups is 1. The van der Waals surface area contributed by atoms with Crippen LogP contribution >= 0.6 is 0 Å². The summed E-state index contributed by atoms with van der Waals surface area (Å²) >= 11 is 0. The van der Waals surface area contributed by atoms with E-state index in [0.29, 0.717) is 23.3 Å². The first-order valence-electron chi connectivity index (χ1n) is 5.80. The van der Waals surface area contributed by atoms with Crippen LogP contribution in [0.25, 0.3) is 0 Å². The van der Waals surface area contributed by atoms with E-state index < -0.39 is 0 Å². The van der Waals surface area contributed by atoms with E-state index in [-0.39, 0.29) is 5.91 Å². The summed E-state index contributed by atoms with van der Waals surface area (Å²) in [5.41, 5.74) is 7.46. The van der Waals surface area contributed by atoms with Gasteiger partial charge in [0.05, 0.1) is 11.4 Å². The van der Waals surface area contributed by atoms with Gasteiger partial charge in [-0.05, 0) is 18.8 Å². The molecule has 2 rings (SSSR count). The first-order valence-corrected chi connectivity index (χ1v) is 5.80. The standard InChI is InChI=1S/C11H18N4O/c1-3-6-5-8(6)13-11(16)10-9(12)7(4-2)14-15-10/h6,8H,3-5,12H2,1-2H3,(H,13,16)(H,14,15). The summed E-state index contributed by atoms with van der Waals surface area (Å²) in [7, 11) is 0. The van der Waals surface area contributed by atoms with Crippen molar-refractivity contribution in [2.45, 2.75) is 39.2 Å². The molecule has 1 heterocycles. The summed E-state index contributed by atoms with van der Waals surface area (Å²) in [6.45, 7) is 4.11. The number of rotatable bonds is 4. The van der Waals surface area contributed by atoms with Gasteiger partial charge < -0.3 is 11.1 Å². The lowest BCUT2D eigenvalue weighted by atomic mass is 10.2. The lowest BCUT2D eigenvalue weighted by Gasteiger charge is -2.02. The molecule has 5 nitrogen and oxygen atoms in total. The van der Waals surface area contributed by atoms with Crippen LogP contribution in [0.3, 0.4) is 0 Å². The Kier molecular flexibility index (Phi) is 2.85. The van der Waals surface area contributed by atoms with Gasteiger partial charge >= 0.3 is 0 Å². The largest absolute Gasteiger partial charge is 0.395 e. The first-order chi connectivity index (χ1) is 7.67. The highest BCUT2D eigenvalue weighted by atomic mass is 16.2. The Bertz CT molecular complexity index is 399. The number of carbonyl (C=O) groups excluding carboxylic acids is 1. The van der Waals surface area contributed by atoms with Crippen molar-refractivity contribution in [3.63, 3.8) is 0 Å². The molecule has 0 aromatic carbocycles. The maximum Gasteiger partial charge on any atom is 0.274 e. The van der Waals surface area contributed by atoms with E-state index in [4.69, 9.17) is 5.73 Å². The molecule has 0 radical (unpaired) electrons. The molecule has 1 aromatic heterocycles. The molecule has 1 aliphatic carbocycles. The fourth-order valence-electron chi connectivity index (χ4n) is 1.94. The minimum atomic E-state index is -0.158. The van der Waals surface area contributed by atoms with Crippen molar-refractivity contribution in [2.75, 3.05) is 5.73 Å². The van der Waals surface area contributed by atoms with E-state index in [2.05, 4.69) is 22.4 Å². The number of nitrogens with zero attached hydrogens (tertiary/aromatic N) is 1. The number of nitrogens with one attached hydrogen (secondary N) is 2. The highest BCUT2D eigenvalue weighted by Crippen LogP contribution is 2.33. The maximum absolute atomic E-state index is 11.8. The fraction of sp³-hybridized carbons (Fsp3) is 0.636. The molecule has 0 aliphatic heterocycles. The smallest absolute Gasteiger partial charge is 0.274 e. The molecule has 1 aromatic rings. The molecule has 0 spiro atoms. The number of hydrogen-bond donors (Lipinski definition) is 3. The normalized spacial score (nSPS) is 23.1. The predicted octanol–water partition coefficient (Wildman–Crippen LogP) is 1.08. The first kappa shape index (κ1) is 11.0. The number of aromatic nitrogens is 2. The third-order valence-corrected chi connectivity index (χ3v) is 3.21. The third kappa shape index (κ3) is 1.89. The number of H-pyrrole nitrogens is 1. The fourth-order valence-corrected chi connectivity index (χ4v) is 1.94. The van der Waals surface area contributed by atoms with Gasteiger partial charge in [0.15, 0.2) is 5.69 Å². The Labute approximate surface area is 94.8 Å². The Hall–Kier alpha value is -1.52. The topological polar surface area (TPSA) is 83.8 Å². The number of anilines is 1. The zero-order chi connectivity index (χ0) is 11.7. The van der Waals surface area contributed by atoms with Crippen LogP contribution in [0.5, 0.6) is 0 Å². The number of nitrogens with two attached hydrogens (primary N) is 1. The molecule has 0 saturated heterocycles. The molecule has 1 amide bonds. The average molecular weight is 222 g/mol. The van der Waals surface area contributed by atoms with Gasteiger partial charge in [0.25, 0.3) is 5.91 Å². The highest BCUT2D eigenvalue weighted by molar-refractivity contribution is 5.97. The molecule has 88 valence electrons. The van der Waals surface area contributed by atoms with Gasteiger partial charge in [-0.1, -0.05) is 20.3 Å². The van der Waals surface area contributed by atoms with E-state index in [9.17, 15) is 4.79 Å². The molecule has 2 atom stereocenters. The monoisotopic (exact) mass is 222 g/mol. The Balaban J connectivity index is 2.01. The number of nitrogen functional groups attached to an aromatic ring is 1. The van der Waals surface area contributed by atoms with Gasteiger partial charge in [0.2, 0.25) is 0 Å². The van der Waals surface area contributed by atoms with Crippen LogP contribution in [0.4, 0.5) is 5.69 Å². The molecule has 5 heteroatoms. The van der Waals surface area contributed by atoms with E-state index >= 15 is 0 Å². The third-order valence-electron chi connectivity index (χ3n) is 3.21. The van der Waals surface area contributed by atoms with Gasteiger partial charge in [-0.3, -0.25) is 9.89 Å². The number of aromatic amines is 1. The van der Waals surface area contributed by atoms with Crippen molar-refractivity contribution in [3.05, 3.63) is 11.4 Å². The molecular weight excluding hydrogens is 204 g/mol. The van der Waals surface area contributed by atoms with Gasteiger partial charge in [0, 0.05) is 6.04 Å². The van der Waals surface area contributed by atoms with Crippen molar-refractivity contribution < 1.29 is 4.79 Å². The van der Waals surface area contributed by atoms with Gasteiger partial charge in [-0.15, -0.1) is 0 Å². The van der Waals surface area contributed by atoms with Crippen LogP contribution in [-0.4, -0.2) is 22.1 Å². The van der Waals surface area contributed by atoms with E-state index in [0.717, 1.165) is 25.0 Å². The van der Waals surface area contributed by atoms with Gasteiger partial charge in [-0.25, -0.2) is 0 Å². The van der Waals surface area contributed by atoms with Crippen LogP contribution in [0.2, 0.25) is 0 Å². The van der Waals surface area contributed by atoms with Crippen molar-refractivity contribution >= 4 is 11.6 Å². The van der Waals surface area contributed by atoms with Crippen molar-refractivity contribution in [1.82, 2.24) is 15.5 Å². The van der Waals surface area contributed by atoms with E-state index in [1.165, 1.54) is 0 Å². The van der Waals surface area contributed by atoms with Crippen LogP contribution in [0, 0.1) is 5.92 Å². The van der Waals surface area contributed by atoms with Crippen LogP contribution in [0.15, 0.2) is 0 Å². The van der Waals surface area contributed by atoms with E-state index in [1.807, 2.05) is 6.92 Å². The molecule has 1 saturated carbocycles. The molecule has 1 aliphatic rings. The summed E-state index contributed by atoms with van der Waals surface area (Å²) in [6, 6.07) is 0.318. The SMILES string of the molecule is CCc1[nH]nc(C(=O)NC2CC2CC)c1N. The van der Waals surface area contributed by atoms with Crippen molar-refractivity contribution in [2.24, 2.45) is 5.92 Å². The quantitative estimate of drug-likeness (QED) is 0.712. The van der Waals surface area contributed by atoms with Crippen molar-refractivity contribution in [3.8, 4) is 0 Å². The molecule has 16 heavy (non-hydrogen) atoms. The van der Waals surface area contributed by atoms with Crippen LogP contribution in [0.1, 0.15) is 42.9 Å². The maximum atomic E-state index is 11.8. The Morgan fingerprint density at radius 1 is 1.62 bits per heavy atom. The van der Waals surface area contributed by atoms with Crippen LogP contribution in [-0.2, 0) is 6.42 Å². The number of amides is 1. The zero-order valence-corrected chi connectivity index (χ0v) is 9.71. The second kappa shape index (κ2) is 4.15. The predicted molar refractivity (Wildman–Crippen MR) is 62.0 cm³/mol. The van der Waals surface area contributed by atoms with Crippen molar-refractivity contribution in [1.29, 1.82) is 0 Å². The Morgan fingerprint density at radius 3 is 2.88 bits per heavy atom. The summed E-state index contributed by atoms with van der Waals surface area (Å²) in [5.74, 6) is 0.476. The minimum absolute atomic E-state index is 0.158. The molecule has 4 N–H and O–H groups in total. The molecule has 2 unspecified atom stereocenters. The highest BCUT2D eigenvalue weighted by Gasteiger charge is 2.37. The lowest BCUT2D eigenvalue weighted by molar-refractivity contribution is 0.0945.